The number of carbonyl (C=O) groups is 1. The fraction of sp³-hybridized carbons (Fsp3) is 0.400. The third-order valence-corrected chi connectivity index (χ3v) is 6.29. The molecule has 2 aromatic carbocycles. The number of carbonyl (C=O) groups excluding carboxylic acids is 1. The zero-order valence-electron chi connectivity index (χ0n) is 20.6. The minimum absolute atomic E-state index is 0.212. The SMILES string of the molecule is COc1cc(OC)c(Cl)c(-c2ccc3nc(N[C@@H]4COCC4NC(=O)OC(C)(C)C)ncc3c2)c1Cl. The summed E-state index contributed by atoms with van der Waals surface area (Å²) in [7, 11) is 3.06. The zero-order valence-corrected chi connectivity index (χ0v) is 22.2. The van der Waals surface area contributed by atoms with E-state index in [1.54, 1.807) is 12.3 Å². The maximum Gasteiger partial charge on any atom is 0.408 e. The Morgan fingerprint density at radius 2 is 1.72 bits per heavy atom. The number of nitrogens with zero attached hydrogens (tertiary/aromatic N) is 2. The molecule has 0 aliphatic carbocycles. The Labute approximate surface area is 219 Å². The van der Waals surface area contributed by atoms with E-state index in [4.69, 9.17) is 42.1 Å². The lowest BCUT2D eigenvalue weighted by Gasteiger charge is -2.24. The van der Waals surface area contributed by atoms with Crippen LogP contribution in [0.3, 0.4) is 0 Å². The van der Waals surface area contributed by atoms with Crippen molar-refractivity contribution in [1.82, 2.24) is 15.3 Å². The first-order valence-electron chi connectivity index (χ1n) is 11.3. The van der Waals surface area contributed by atoms with E-state index in [9.17, 15) is 4.79 Å². The highest BCUT2D eigenvalue weighted by molar-refractivity contribution is 6.41. The summed E-state index contributed by atoms with van der Waals surface area (Å²) in [5.74, 6) is 1.33. The van der Waals surface area contributed by atoms with Crippen molar-refractivity contribution in [2.45, 2.75) is 38.5 Å². The number of aromatic nitrogens is 2. The number of rotatable bonds is 6. The average Bonchev–Trinajstić information content (AvgIpc) is 3.24. The molecule has 1 unspecified atom stereocenters. The summed E-state index contributed by atoms with van der Waals surface area (Å²) >= 11 is 13.2. The maximum absolute atomic E-state index is 12.2. The minimum Gasteiger partial charge on any atom is -0.495 e. The van der Waals surface area contributed by atoms with Crippen molar-refractivity contribution in [3.8, 4) is 22.6 Å². The number of methoxy groups -OCH3 is 2. The molecule has 0 radical (unpaired) electrons. The Kier molecular flexibility index (Phi) is 7.63. The number of nitrogens with one attached hydrogen (secondary N) is 2. The molecule has 2 atom stereocenters. The monoisotopic (exact) mass is 534 g/mol. The highest BCUT2D eigenvalue weighted by Crippen LogP contribution is 2.46. The molecule has 192 valence electrons. The molecule has 0 saturated carbocycles. The minimum atomic E-state index is -0.586. The molecule has 1 fully saturated rings. The molecule has 2 N–H and O–H groups in total. The van der Waals surface area contributed by atoms with Gasteiger partial charge in [-0.1, -0.05) is 29.3 Å². The predicted molar refractivity (Wildman–Crippen MR) is 139 cm³/mol. The van der Waals surface area contributed by atoms with Gasteiger partial charge in [0.05, 0.1) is 55.1 Å². The van der Waals surface area contributed by atoms with Gasteiger partial charge in [0.1, 0.15) is 17.1 Å². The number of halogens is 2. The highest BCUT2D eigenvalue weighted by Gasteiger charge is 2.31. The van der Waals surface area contributed by atoms with E-state index < -0.39 is 11.7 Å². The Morgan fingerprint density at radius 1 is 1.06 bits per heavy atom. The normalized spacial score (nSPS) is 17.6. The van der Waals surface area contributed by atoms with Gasteiger partial charge in [0.2, 0.25) is 5.95 Å². The number of alkyl carbamates (subject to hydrolysis) is 1. The number of amides is 1. The quantitative estimate of drug-likeness (QED) is 0.437. The molecule has 3 aromatic rings. The third-order valence-electron chi connectivity index (χ3n) is 5.54. The molecule has 1 aliphatic rings. The van der Waals surface area contributed by atoms with E-state index in [0.29, 0.717) is 51.8 Å². The molecule has 4 rings (SSSR count). The van der Waals surface area contributed by atoms with Gasteiger partial charge in [-0.25, -0.2) is 14.8 Å². The van der Waals surface area contributed by atoms with Crippen molar-refractivity contribution in [1.29, 1.82) is 0 Å². The average molecular weight is 535 g/mol. The lowest BCUT2D eigenvalue weighted by atomic mass is 10.0. The number of hydrogen-bond acceptors (Lipinski definition) is 8. The summed E-state index contributed by atoms with van der Waals surface area (Å²) in [6.07, 6.45) is 1.21. The second-order valence-corrected chi connectivity index (χ2v) is 10.0. The fourth-order valence-corrected chi connectivity index (χ4v) is 4.58. The van der Waals surface area contributed by atoms with Crippen LogP contribution < -0.4 is 20.1 Å². The van der Waals surface area contributed by atoms with E-state index in [-0.39, 0.29) is 12.1 Å². The van der Waals surface area contributed by atoms with Crippen LogP contribution in [0.15, 0.2) is 30.5 Å². The molecule has 36 heavy (non-hydrogen) atoms. The van der Waals surface area contributed by atoms with Crippen LogP contribution in [0.25, 0.3) is 22.0 Å². The van der Waals surface area contributed by atoms with Gasteiger partial charge in [-0.05, 0) is 38.5 Å². The molecule has 1 saturated heterocycles. The largest absolute Gasteiger partial charge is 0.495 e. The molecule has 11 heteroatoms. The van der Waals surface area contributed by atoms with Crippen molar-refractivity contribution < 1.29 is 23.7 Å². The van der Waals surface area contributed by atoms with Crippen molar-refractivity contribution in [3.63, 3.8) is 0 Å². The zero-order chi connectivity index (χ0) is 26.0. The standard InChI is InChI=1S/C25H28Cl2N4O5/c1-25(2,3)36-24(32)31-17-12-35-11-16(17)30-23-28-10-14-8-13(6-7-15(14)29-23)20-21(26)18(33-4)9-19(34-5)22(20)27/h6-10,16-17H,11-12H2,1-5H3,(H,31,32)(H,28,29,30)/t16-,17?/m1/s1. The van der Waals surface area contributed by atoms with Crippen LogP contribution in [-0.4, -0.2) is 61.2 Å². The number of anilines is 1. The summed E-state index contributed by atoms with van der Waals surface area (Å²) < 4.78 is 21.7. The van der Waals surface area contributed by atoms with E-state index in [1.807, 2.05) is 39.0 Å². The molecule has 1 aromatic heterocycles. The van der Waals surface area contributed by atoms with Crippen molar-refractivity contribution in [2.24, 2.45) is 0 Å². The summed E-state index contributed by atoms with van der Waals surface area (Å²) in [6.45, 7) is 6.20. The van der Waals surface area contributed by atoms with Crippen LogP contribution in [0.4, 0.5) is 10.7 Å². The first-order chi connectivity index (χ1) is 17.1. The summed E-state index contributed by atoms with van der Waals surface area (Å²) in [6, 6.07) is 6.78. The van der Waals surface area contributed by atoms with Gasteiger partial charge in [-0.2, -0.15) is 0 Å². The van der Waals surface area contributed by atoms with Crippen molar-refractivity contribution in [2.75, 3.05) is 32.8 Å². The lowest BCUT2D eigenvalue weighted by molar-refractivity contribution is 0.0497. The Bertz CT molecular complexity index is 1250. The maximum atomic E-state index is 12.2. The lowest BCUT2D eigenvalue weighted by Crippen LogP contribution is -2.47. The fourth-order valence-electron chi connectivity index (χ4n) is 3.86. The summed E-state index contributed by atoms with van der Waals surface area (Å²) in [4.78, 5) is 21.3. The third kappa shape index (κ3) is 5.69. The van der Waals surface area contributed by atoms with Gasteiger partial charge in [-0.3, -0.25) is 0 Å². The molecule has 1 amide bonds. The molecule has 9 nitrogen and oxygen atoms in total. The molecule has 0 spiro atoms. The van der Waals surface area contributed by atoms with Crippen molar-refractivity contribution in [3.05, 3.63) is 40.5 Å². The number of hydrogen-bond donors (Lipinski definition) is 2. The van der Waals surface area contributed by atoms with Gasteiger partial charge in [-0.15, -0.1) is 0 Å². The Morgan fingerprint density at radius 3 is 2.36 bits per heavy atom. The molecular weight excluding hydrogens is 507 g/mol. The van der Waals surface area contributed by atoms with Gasteiger partial charge in [0, 0.05) is 23.2 Å². The van der Waals surface area contributed by atoms with E-state index >= 15 is 0 Å². The smallest absolute Gasteiger partial charge is 0.408 e. The van der Waals surface area contributed by atoms with E-state index in [2.05, 4.69) is 20.6 Å². The van der Waals surface area contributed by atoms with Gasteiger partial charge < -0.3 is 29.6 Å². The first-order valence-corrected chi connectivity index (χ1v) is 12.1. The van der Waals surface area contributed by atoms with Gasteiger partial charge in [0.15, 0.2) is 0 Å². The predicted octanol–water partition coefficient (Wildman–Crippen LogP) is 5.32. The van der Waals surface area contributed by atoms with Crippen LogP contribution in [-0.2, 0) is 9.47 Å². The Balaban J connectivity index is 1.56. The summed E-state index contributed by atoms with van der Waals surface area (Å²) in [5, 5.41) is 7.65. The van der Waals surface area contributed by atoms with Gasteiger partial charge >= 0.3 is 6.09 Å². The van der Waals surface area contributed by atoms with Crippen molar-refractivity contribution >= 4 is 46.1 Å². The molecular formula is C25H28Cl2N4O5. The number of benzene rings is 2. The topological polar surface area (TPSA) is 104 Å². The van der Waals surface area contributed by atoms with Crippen LogP contribution in [0.1, 0.15) is 20.8 Å². The number of fused-ring (bicyclic) bond motifs is 1. The number of ether oxygens (including phenoxy) is 4. The van der Waals surface area contributed by atoms with Crippen LogP contribution in [0, 0.1) is 0 Å². The van der Waals surface area contributed by atoms with E-state index in [0.717, 1.165) is 10.9 Å². The van der Waals surface area contributed by atoms with Crippen LogP contribution >= 0.6 is 23.2 Å². The summed E-state index contributed by atoms with van der Waals surface area (Å²) in [5.41, 5.74) is 1.49. The second kappa shape index (κ2) is 10.5. The first kappa shape index (κ1) is 26.1. The highest BCUT2D eigenvalue weighted by atomic mass is 35.5. The second-order valence-electron chi connectivity index (χ2n) is 9.29. The van der Waals surface area contributed by atoms with Gasteiger partial charge in [0.25, 0.3) is 0 Å². The van der Waals surface area contributed by atoms with Crippen LogP contribution in [0.5, 0.6) is 11.5 Å². The van der Waals surface area contributed by atoms with Crippen LogP contribution in [0.2, 0.25) is 10.0 Å². The Hall–Kier alpha value is -3.01. The van der Waals surface area contributed by atoms with E-state index in [1.165, 1.54) is 14.2 Å². The molecule has 1 aliphatic heterocycles. The molecule has 2 heterocycles. The molecule has 0 bridgehead atoms.